The van der Waals surface area contributed by atoms with Crippen LogP contribution in [0.15, 0.2) is 76.6 Å². The van der Waals surface area contributed by atoms with Crippen molar-refractivity contribution in [2.24, 2.45) is 0 Å². The highest BCUT2D eigenvalue weighted by Gasteiger charge is 2.48. The molecule has 0 aliphatic carbocycles. The van der Waals surface area contributed by atoms with Crippen molar-refractivity contribution in [3.63, 3.8) is 0 Å². The van der Waals surface area contributed by atoms with Crippen molar-refractivity contribution in [3.8, 4) is 0 Å². The number of ketones is 1. The number of anilines is 1. The molecule has 4 aromatic rings. The summed E-state index contributed by atoms with van der Waals surface area (Å²) in [6.07, 6.45) is 0. The lowest BCUT2D eigenvalue weighted by Crippen LogP contribution is -2.29. The van der Waals surface area contributed by atoms with Gasteiger partial charge in [-0.1, -0.05) is 82.8 Å². The molecule has 6 nitrogen and oxygen atoms in total. The summed E-state index contributed by atoms with van der Waals surface area (Å²) in [7, 11) is 0. The summed E-state index contributed by atoms with van der Waals surface area (Å²) in [5, 5.41) is 20.4. The van der Waals surface area contributed by atoms with Gasteiger partial charge in [0, 0.05) is 14.9 Å². The van der Waals surface area contributed by atoms with Gasteiger partial charge in [0.15, 0.2) is 4.34 Å². The van der Waals surface area contributed by atoms with Crippen LogP contribution in [-0.4, -0.2) is 27.0 Å². The Balaban J connectivity index is 1.55. The Labute approximate surface area is 243 Å². The minimum Gasteiger partial charge on any atom is -0.507 e. The minimum absolute atomic E-state index is 0.0500. The fraction of sp³-hybridized carbons (Fsp3) is 0.172. The molecule has 2 heterocycles. The zero-order valence-corrected chi connectivity index (χ0v) is 24.7. The Kier molecular flexibility index (Phi) is 7.69. The highest BCUT2D eigenvalue weighted by atomic mass is 127. The summed E-state index contributed by atoms with van der Waals surface area (Å²) in [4.78, 5) is 28.2. The van der Waals surface area contributed by atoms with Gasteiger partial charge >= 0.3 is 5.91 Å². The van der Waals surface area contributed by atoms with Crippen molar-refractivity contribution < 1.29 is 14.7 Å². The Morgan fingerprint density at radius 2 is 1.66 bits per heavy atom. The first-order valence-electron chi connectivity index (χ1n) is 11.9. The fourth-order valence-corrected chi connectivity index (χ4v) is 6.50. The van der Waals surface area contributed by atoms with Gasteiger partial charge in [-0.2, -0.15) is 0 Å². The average molecular weight is 654 g/mol. The predicted molar refractivity (Wildman–Crippen MR) is 161 cm³/mol. The standard InChI is InChI=1S/C29H24IN3O3S2/c1-16-5-8-19(9-6-16)15-37-29-32-31-28(38-29)33-24(20-10-12-21(30)13-11-20)23(26(35)27(33)36)25(34)22-14-17(2)4-7-18(22)3/h4-14,24,34H,15H2,1-3H3/b25-23+. The zero-order valence-electron chi connectivity index (χ0n) is 20.9. The van der Waals surface area contributed by atoms with Gasteiger partial charge in [-0.15, -0.1) is 10.2 Å². The molecule has 38 heavy (non-hydrogen) atoms. The molecule has 1 fully saturated rings. The first-order valence-corrected chi connectivity index (χ1v) is 14.8. The molecular formula is C29H24IN3O3S2. The van der Waals surface area contributed by atoms with Gasteiger partial charge < -0.3 is 5.11 Å². The molecule has 192 valence electrons. The molecule has 1 aromatic heterocycles. The quantitative estimate of drug-likeness (QED) is 0.0604. The third-order valence-corrected chi connectivity index (χ3v) is 9.21. The number of aliphatic hydroxyl groups excluding tert-OH is 1. The number of thioether (sulfide) groups is 1. The molecule has 1 atom stereocenters. The van der Waals surface area contributed by atoms with Crippen LogP contribution in [0.2, 0.25) is 0 Å². The molecular weight excluding hydrogens is 629 g/mol. The number of hydrogen-bond donors (Lipinski definition) is 1. The maximum Gasteiger partial charge on any atom is 0.301 e. The summed E-state index contributed by atoms with van der Waals surface area (Å²) in [6.45, 7) is 5.84. The number of benzene rings is 3. The zero-order chi connectivity index (χ0) is 27.0. The molecule has 0 spiro atoms. The smallest absolute Gasteiger partial charge is 0.301 e. The second-order valence-corrected chi connectivity index (χ2v) is 12.6. The van der Waals surface area contributed by atoms with E-state index in [9.17, 15) is 14.7 Å². The van der Waals surface area contributed by atoms with Crippen molar-refractivity contribution in [2.75, 3.05) is 4.90 Å². The molecule has 9 heteroatoms. The lowest BCUT2D eigenvalue weighted by molar-refractivity contribution is -0.132. The molecule has 1 aliphatic heterocycles. The van der Waals surface area contributed by atoms with Crippen LogP contribution < -0.4 is 4.90 Å². The molecule has 5 rings (SSSR count). The molecule has 3 aromatic carbocycles. The number of rotatable bonds is 6. The molecule has 1 unspecified atom stereocenters. The van der Waals surface area contributed by atoms with Crippen LogP contribution in [0.4, 0.5) is 5.13 Å². The van der Waals surface area contributed by atoms with E-state index in [0.717, 1.165) is 20.3 Å². The molecule has 1 aliphatic rings. The normalized spacial score (nSPS) is 16.8. The highest BCUT2D eigenvalue weighted by Crippen LogP contribution is 2.44. The van der Waals surface area contributed by atoms with Gasteiger partial charge in [-0.3, -0.25) is 14.5 Å². The van der Waals surface area contributed by atoms with E-state index in [2.05, 4.69) is 57.1 Å². The number of aryl methyl sites for hydroxylation is 3. The van der Waals surface area contributed by atoms with E-state index in [0.29, 0.717) is 26.4 Å². The second-order valence-electron chi connectivity index (χ2n) is 9.16. The van der Waals surface area contributed by atoms with E-state index >= 15 is 0 Å². The number of amides is 1. The Morgan fingerprint density at radius 1 is 0.974 bits per heavy atom. The Hall–Kier alpha value is -3.02. The van der Waals surface area contributed by atoms with Gasteiger partial charge in [-0.25, -0.2) is 0 Å². The van der Waals surface area contributed by atoms with Crippen molar-refractivity contribution in [1.82, 2.24) is 10.2 Å². The summed E-state index contributed by atoms with van der Waals surface area (Å²) < 4.78 is 1.71. The van der Waals surface area contributed by atoms with Crippen molar-refractivity contribution in [1.29, 1.82) is 0 Å². The van der Waals surface area contributed by atoms with Crippen LogP contribution in [0.3, 0.4) is 0 Å². The van der Waals surface area contributed by atoms with Gasteiger partial charge in [0.25, 0.3) is 5.78 Å². The fourth-order valence-electron chi connectivity index (χ4n) is 4.31. The van der Waals surface area contributed by atoms with E-state index in [1.54, 1.807) is 0 Å². The Morgan fingerprint density at radius 3 is 2.37 bits per heavy atom. The average Bonchev–Trinajstić information content (AvgIpc) is 3.47. The van der Waals surface area contributed by atoms with Crippen molar-refractivity contribution in [2.45, 2.75) is 36.9 Å². The largest absolute Gasteiger partial charge is 0.507 e. The van der Waals surface area contributed by atoms with E-state index < -0.39 is 17.7 Å². The van der Waals surface area contributed by atoms with Gasteiger partial charge in [0.05, 0.1) is 11.6 Å². The molecule has 0 bridgehead atoms. The van der Waals surface area contributed by atoms with Crippen LogP contribution in [0.25, 0.3) is 5.76 Å². The molecule has 1 saturated heterocycles. The maximum atomic E-state index is 13.4. The number of aromatic nitrogens is 2. The van der Waals surface area contributed by atoms with Gasteiger partial charge in [0.2, 0.25) is 5.13 Å². The van der Waals surface area contributed by atoms with Crippen LogP contribution >= 0.6 is 45.7 Å². The molecule has 1 N–H and O–H groups in total. The topological polar surface area (TPSA) is 83.4 Å². The summed E-state index contributed by atoms with van der Waals surface area (Å²) in [5.74, 6) is -0.947. The van der Waals surface area contributed by atoms with Crippen molar-refractivity contribution >= 4 is 68.3 Å². The maximum absolute atomic E-state index is 13.4. The summed E-state index contributed by atoms with van der Waals surface area (Å²) in [6, 6.07) is 20.7. The van der Waals surface area contributed by atoms with Crippen LogP contribution in [0, 0.1) is 24.3 Å². The number of carbonyl (C=O) groups excluding carboxylic acids is 2. The number of Topliss-reactive ketones (excluding diaryl/α,β-unsaturated/α-hetero) is 1. The van der Waals surface area contributed by atoms with E-state index in [1.165, 1.54) is 33.6 Å². The SMILES string of the molecule is Cc1ccc(CSc2nnc(N3C(=O)C(=O)/C(=C(/O)c4cc(C)ccc4C)C3c3ccc(I)cc3)s2)cc1. The van der Waals surface area contributed by atoms with E-state index in [-0.39, 0.29) is 11.3 Å². The number of halogens is 1. The summed E-state index contributed by atoms with van der Waals surface area (Å²) in [5.41, 5.74) is 5.40. The number of aliphatic hydroxyl groups is 1. The predicted octanol–water partition coefficient (Wildman–Crippen LogP) is 6.99. The summed E-state index contributed by atoms with van der Waals surface area (Å²) >= 11 is 5.00. The lowest BCUT2D eigenvalue weighted by atomic mass is 9.93. The third-order valence-electron chi connectivity index (χ3n) is 6.36. The molecule has 0 saturated carbocycles. The molecule has 0 radical (unpaired) electrons. The number of carbonyl (C=O) groups is 2. The monoisotopic (exact) mass is 653 g/mol. The molecule has 1 amide bonds. The highest BCUT2D eigenvalue weighted by molar-refractivity contribution is 14.1. The van der Waals surface area contributed by atoms with Crippen molar-refractivity contribution in [3.05, 3.63) is 109 Å². The Bertz CT molecular complexity index is 1560. The number of nitrogens with zero attached hydrogens (tertiary/aromatic N) is 3. The third kappa shape index (κ3) is 5.27. The van der Waals surface area contributed by atoms with Crippen LogP contribution in [-0.2, 0) is 15.3 Å². The van der Waals surface area contributed by atoms with Crippen LogP contribution in [0.1, 0.15) is 39.4 Å². The van der Waals surface area contributed by atoms with E-state index in [1.807, 2.05) is 63.2 Å². The minimum atomic E-state index is -0.824. The lowest BCUT2D eigenvalue weighted by Gasteiger charge is -2.22. The van der Waals surface area contributed by atoms with Gasteiger partial charge in [0.1, 0.15) is 5.76 Å². The van der Waals surface area contributed by atoms with E-state index in [4.69, 9.17) is 0 Å². The van der Waals surface area contributed by atoms with Crippen LogP contribution in [0.5, 0.6) is 0 Å². The first-order chi connectivity index (χ1) is 18.2. The second kappa shape index (κ2) is 11.0. The number of hydrogen-bond acceptors (Lipinski definition) is 7. The van der Waals surface area contributed by atoms with Gasteiger partial charge in [-0.05, 0) is 78.3 Å². The first kappa shape index (κ1) is 26.6.